The molecule has 3 nitrogen and oxygen atoms in total. The van der Waals surface area contributed by atoms with Gasteiger partial charge in [0.2, 0.25) is 0 Å². The summed E-state index contributed by atoms with van der Waals surface area (Å²) in [5.74, 6) is 0.365. The van der Waals surface area contributed by atoms with Crippen molar-refractivity contribution in [1.29, 1.82) is 0 Å². The predicted octanol–water partition coefficient (Wildman–Crippen LogP) is 0.894. The van der Waals surface area contributed by atoms with Crippen LogP contribution in [0.25, 0.3) is 0 Å². The molecular formula is C9H15BNO2. The second-order valence-corrected chi connectivity index (χ2v) is 2.42. The molecule has 0 heterocycles. The predicted molar refractivity (Wildman–Crippen MR) is 54.8 cm³/mol. The van der Waals surface area contributed by atoms with Gasteiger partial charge in [-0.25, -0.2) is 0 Å². The van der Waals surface area contributed by atoms with Gasteiger partial charge in [0, 0.05) is 5.57 Å². The molecule has 0 amide bonds. The third-order valence-corrected chi connectivity index (χ3v) is 1.64. The molecule has 0 aromatic rings. The van der Waals surface area contributed by atoms with E-state index < -0.39 is 0 Å². The van der Waals surface area contributed by atoms with Crippen molar-refractivity contribution < 1.29 is 9.76 Å². The monoisotopic (exact) mass is 180 g/mol. The van der Waals surface area contributed by atoms with Crippen LogP contribution < -0.4 is 5.73 Å². The van der Waals surface area contributed by atoms with Crippen LogP contribution in [0.3, 0.4) is 0 Å². The van der Waals surface area contributed by atoms with Crippen LogP contribution in [-0.4, -0.2) is 19.6 Å². The minimum atomic E-state index is 0.365. The minimum absolute atomic E-state index is 0.365. The van der Waals surface area contributed by atoms with Crippen molar-refractivity contribution in [1.82, 2.24) is 0 Å². The summed E-state index contributed by atoms with van der Waals surface area (Å²) >= 11 is 0. The fourth-order valence-corrected chi connectivity index (χ4v) is 0.829. The van der Waals surface area contributed by atoms with Crippen LogP contribution in [0.2, 0.25) is 0 Å². The van der Waals surface area contributed by atoms with Crippen LogP contribution in [-0.2, 0) is 4.74 Å². The van der Waals surface area contributed by atoms with E-state index in [1.54, 1.807) is 12.2 Å². The smallest absolute Gasteiger partial charge is 0.326 e. The number of hydrogen-bond donors (Lipinski definition) is 2. The second-order valence-electron chi connectivity index (χ2n) is 2.42. The number of hydrogen-bond acceptors (Lipinski definition) is 3. The average molecular weight is 180 g/mol. The molecule has 0 spiro atoms. The molecule has 0 bridgehead atoms. The molecule has 0 unspecified atom stereocenters. The molecule has 0 aliphatic carbocycles. The lowest BCUT2D eigenvalue weighted by Gasteiger charge is -2.05. The van der Waals surface area contributed by atoms with Crippen LogP contribution in [0.15, 0.2) is 35.7 Å². The molecule has 0 fully saturated rings. The summed E-state index contributed by atoms with van der Waals surface area (Å²) in [7, 11) is 2.49. The highest BCUT2D eigenvalue weighted by Gasteiger charge is 2.00. The molecule has 1 radical (unpaired) electrons. The van der Waals surface area contributed by atoms with Crippen LogP contribution >= 0.6 is 0 Å². The van der Waals surface area contributed by atoms with Crippen LogP contribution in [0, 0.1) is 0 Å². The number of nitrogens with two attached hydrogens (primary N) is 1. The second kappa shape index (κ2) is 6.37. The highest BCUT2D eigenvalue weighted by Crippen LogP contribution is 2.09. The van der Waals surface area contributed by atoms with E-state index in [9.17, 15) is 0 Å². The Balaban J connectivity index is 4.79. The Morgan fingerprint density at radius 2 is 2.31 bits per heavy atom. The summed E-state index contributed by atoms with van der Waals surface area (Å²) in [6.45, 7) is 5.49. The zero-order chi connectivity index (χ0) is 10.3. The van der Waals surface area contributed by atoms with E-state index in [0.29, 0.717) is 11.4 Å². The van der Waals surface area contributed by atoms with Gasteiger partial charge in [-0.15, -0.1) is 0 Å². The fourth-order valence-electron chi connectivity index (χ4n) is 0.829. The summed E-state index contributed by atoms with van der Waals surface area (Å²) in [4.78, 5) is 0. The molecule has 0 saturated heterocycles. The van der Waals surface area contributed by atoms with E-state index in [0.717, 1.165) is 19.5 Å². The molecule has 4 heteroatoms. The van der Waals surface area contributed by atoms with Gasteiger partial charge in [-0.2, -0.15) is 0 Å². The molecule has 0 atom stereocenters. The standard InChI is InChI=1S/C9H15BNO2/c1-4-7(9(11)13-3)6-8(5-2)10-12/h5-6,12H,2,4,11H2,1,3H3/b8-6+,9-7+. The molecule has 3 N–H and O–H groups in total. The summed E-state index contributed by atoms with van der Waals surface area (Å²) in [6, 6.07) is 0. The highest BCUT2D eigenvalue weighted by atomic mass is 16.5. The summed E-state index contributed by atoms with van der Waals surface area (Å²) in [5.41, 5.74) is 7.01. The number of ether oxygens (including phenoxy) is 1. The SMILES string of the molecule is C=C/C([B]O)=C\C(CC)=C(/N)OC. The normalized spacial score (nSPS) is 13.3. The van der Waals surface area contributed by atoms with E-state index in [1.807, 2.05) is 6.92 Å². The van der Waals surface area contributed by atoms with E-state index in [1.165, 1.54) is 7.11 Å². The molecule has 0 aromatic carbocycles. The summed E-state index contributed by atoms with van der Waals surface area (Å²) in [5, 5.41) is 8.76. The molecule has 0 aliphatic heterocycles. The van der Waals surface area contributed by atoms with E-state index in [4.69, 9.17) is 15.5 Å². The van der Waals surface area contributed by atoms with Crippen molar-refractivity contribution in [3.05, 3.63) is 35.7 Å². The molecule has 0 rings (SSSR count). The third-order valence-electron chi connectivity index (χ3n) is 1.64. The van der Waals surface area contributed by atoms with Crippen molar-refractivity contribution in [3.63, 3.8) is 0 Å². The van der Waals surface area contributed by atoms with Gasteiger partial charge in [-0.1, -0.05) is 31.1 Å². The van der Waals surface area contributed by atoms with Crippen LogP contribution in [0.4, 0.5) is 0 Å². The molecular weight excluding hydrogens is 165 g/mol. The lowest BCUT2D eigenvalue weighted by atomic mass is 9.86. The molecule has 71 valence electrons. The Morgan fingerprint density at radius 3 is 2.62 bits per heavy atom. The molecule has 13 heavy (non-hydrogen) atoms. The van der Waals surface area contributed by atoms with Crippen molar-refractivity contribution in [3.8, 4) is 0 Å². The van der Waals surface area contributed by atoms with Crippen molar-refractivity contribution in [2.75, 3.05) is 7.11 Å². The Morgan fingerprint density at radius 1 is 1.69 bits per heavy atom. The topological polar surface area (TPSA) is 55.5 Å². The lowest BCUT2D eigenvalue weighted by Crippen LogP contribution is -2.04. The first kappa shape index (κ1) is 11.8. The molecule has 0 saturated carbocycles. The zero-order valence-corrected chi connectivity index (χ0v) is 8.08. The van der Waals surface area contributed by atoms with Crippen molar-refractivity contribution in [2.24, 2.45) is 5.73 Å². The average Bonchev–Trinajstić information content (AvgIpc) is 2.19. The first-order valence-corrected chi connectivity index (χ1v) is 4.03. The largest absolute Gasteiger partial charge is 0.482 e. The van der Waals surface area contributed by atoms with Gasteiger partial charge in [0.15, 0.2) is 5.88 Å². The van der Waals surface area contributed by atoms with Gasteiger partial charge in [0.05, 0.1) is 7.11 Å². The number of rotatable bonds is 5. The van der Waals surface area contributed by atoms with Gasteiger partial charge in [-0.3, -0.25) is 0 Å². The Kier molecular flexibility index (Phi) is 5.80. The summed E-state index contributed by atoms with van der Waals surface area (Å²) < 4.78 is 4.88. The van der Waals surface area contributed by atoms with Crippen molar-refractivity contribution >= 4 is 7.48 Å². The van der Waals surface area contributed by atoms with Crippen LogP contribution in [0.1, 0.15) is 13.3 Å². The third kappa shape index (κ3) is 3.85. The fraction of sp³-hybridized carbons (Fsp3) is 0.333. The Bertz CT molecular complexity index is 232. The Labute approximate surface area is 79.9 Å². The quantitative estimate of drug-likeness (QED) is 0.375. The first-order chi connectivity index (χ1) is 6.19. The first-order valence-electron chi connectivity index (χ1n) is 4.03. The van der Waals surface area contributed by atoms with Gasteiger partial charge >= 0.3 is 7.48 Å². The van der Waals surface area contributed by atoms with E-state index in [2.05, 4.69) is 6.58 Å². The van der Waals surface area contributed by atoms with E-state index >= 15 is 0 Å². The van der Waals surface area contributed by atoms with Gasteiger partial charge in [0.25, 0.3) is 0 Å². The number of allylic oxidation sites excluding steroid dienone is 4. The van der Waals surface area contributed by atoms with Crippen LogP contribution in [0.5, 0.6) is 0 Å². The maximum Gasteiger partial charge on any atom is 0.326 e. The highest BCUT2D eigenvalue weighted by molar-refractivity contribution is 6.37. The summed E-state index contributed by atoms with van der Waals surface area (Å²) in [6.07, 6.45) is 4.01. The minimum Gasteiger partial charge on any atom is -0.482 e. The van der Waals surface area contributed by atoms with Crippen molar-refractivity contribution in [2.45, 2.75) is 13.3 Å². The lowest BCUT2D eigenvalue weighted by molar-refractivity contribution is 0.283. The van der Waals surface area contributed by atoms with Gasteiger partial charge in [-0.05, 0) is 6.42 Å². The zero-order valence-electron chi connectivity index (χ0n) is 8.08. The number of methoxy groups -OCH3 is 1. The van der Waals surface area contributed by atoms with Gasteiger partial charge in [0.1, 0.15) is 0 Å². The van der Waals surface area contributed by atoms with Gasteiger partial charge < -0.3 is 15.5 Å². The van der Waals surface area contributed by atoms with E-state index in [-0.39, 0.29) is 0 Å². The maximum absolute atomic E-state index is 8.76. The molecule has 0 aromatic heterocycles. The maximum atomic E-state index is 8.76. The molecule has 0 aliphatic rings. The Hall–Kier alpha value is -1.16.